The highest BCUT2D eigenvalue weighted by Gasteiger charge is 2.27. The molecule has 1 heterocycles. The maximum absolute atomic E-state index is 13.8. The van der Waals surface area contributed by atoms with Crippen LogP contribution in [-0.4, -0.2) is 18.6 Å². The number of nitrogens with two attached hydrogens (primary N) is 1. The van der Waals surface area contributed by atoms with Gasteiger partial charge in [0.05, 0.1) is 0 Å². The summed E-state index contributed by atoms with van der Waals surface area (Å²) in [6.07, 6.45) is 1.52. The second kappa shape index (κ2) is 4.90. The van der Waals surface area contributed by atoms with Gasteiger partial charge in [-0.3, -0.25) is 0 Å². The summed E-state index contributed by atoms with van der Waals surface area (Å²) in [7, 11) is 0. The monoisotopic (exact) mass is 304 g/mol. The van der Waals surface area contributed by atoms with E-state index in [1.807, 2.05) is 6.92 Å². The minimum absolute atomic E-state index is 0.0592. The van der Waals surface area contributed by atoms with Crippen molar-refractivity contribution in [3.63, 3.8) is 0 Å². The molecular weight excluding hydrogens is 290 g/mol. The quantitative estimate of drug-likeness (QED) is 0.864. The Kier molecular flexibility index (Phi) is 3.68. The molecule has 1 saturated heterocycles. The van der Waals surface area contributed by atoms with Crippen LogP contribution in [-0.2, 0) is 0 Å². The number of hydrogen-bond donors (Lipinski definition) is 1. The van der Waals surface area contributed by atoms with Crippen molar-refractivity contribution in [3.8, 4) is 0 Å². The fourth-order valence-electron chi connectivity index (χ4n) is 2.35. The predicted octanol–water partition coefficient (Wildman–Crippen LogP) is 3.04. The maximum Gasteiger partial charge on any atom is 0.150 e. The Bertz CT molecular complexity index is 402. The van der Waals surface area contributed by atoms with Crippen molar-refractivity contribution in [1.29, 1.82) is 0 Å². The van der Waals surface area contributed by atoms with Crippen LogP contribution in [0.1, 0.15) is 19.8 Å². The summed E-state index contributed by atoms with van der Waals surface area (Å²) < 4.78 is 28.1. The summed E-state index contributed by atoms with van der Waals surface area (Å²) in [6.45, 7) is 2.54. The summed E-state index contributed by atoms with van der Waals surface area (Å²) in [4.78, 5) is 1.76. The molecule has 94 valence electrons. The third-order valence-electron chi connectivity index (χ3n) is 3.19. The van der Waals surface area contributed by atoms with Crippen molar-refractivity contribution in [2.75, 3.05) is 11.4 Å². The predicted molar refractivity (Wildman–Crippen MR) is 68.1 cm³/mol. The van der Waals surface area contributed by atoms with Crippen molar-refractivity contribution in [2.45, 2.75) is 31.8 Å². The van der Waals surface area contributed by atoms with Crippen LogP contribution < -0.4 is 10.6 Å². The van der Waals surface area contributed by atoms with Crippen molar-refractivity contribution >= 4 is 21.6 Å². The number of hydrogen-bond acceptors (Lipinski definition) is 2. The molecule has 1 aliphatic heterocycles. The standard InChI is InChI=1S/C12H15BrF2N2/c1-7-4-9(16)2-3-17(7)12-10(14)5-8(13)6-11(12)15/h5-7,9H,2-4,16H2,1H3. The van der Waals surface area contributed by atoms with E-state index in [0.29, 0.717) is 11.0 Å². The van der Waals surface area contributed by atoms with Crippen LogP contribution in [0.15, 0.2) is 16.6 Å². The first kappa shape index (κ1) is 12.8. The van der Waals surface area contributed by atoms with E-state index in [1.54, 1.807) is 4.90 Å². The third kappa shape index (κ3) is 2.60. The average Bonchev–Trinajstić information content (AvgIpc) is 2.19. The highest BCUT2D eigenvalue weighted by molar-refractivity contribution is 9.10. The van der Waals surface area contributed by atoms with Crippen LogP contribution in [0.25, 0.3) is 0 Å². The maximum atomic E-state index is 13.8. The van der Waals surface area contributed by atoms with E-state index >= 15 is 0 Å². The van der Waals surface area contributed by atoms with Crippen molar-refractivity contribution in [2.24, 2.45) is 5.73 Å². The van der Waals surface area contributed by atoms with Gasteiger partial charge >= 0.3 is 0 Å². The van der Waals surface area contributed by atoms with Gasteiger partial charge in [0.1, 0.15) is 5.69 Å². The smallest absolute Gasteiger partial charge is 0.150 e. The van der Waals surface area contributed by atoms with Gasteiger partial charge in [-0.25, -0.2) is 8.78 Å². The Morgan fingerprint density at radius 2 is 1.94 bits per heavy atom. The first-order valence-corrected chi connectivity index (χ1v) is 6.45. The normalized spacial score (nSPS) is 25.1. The Morgan fingerprint density at radius 3 is 2.47 bits per heavy atom. The molecule has 1 aliphatic rings. The zero-order valence-electron chi connectivity index (χ0n) is 9.59. The van der Waals surface area contributed by atoms with E-state index in [4.69, 9.17) is 5.73 Å². The van der Waals surface area contributed by atoms with Gasteiger partial charge in [0, 0.05) is 23.1 Å². The summed E-state index contributed by atoms with van der Waals surface area (Å²) in [5.41, 5.74) is 5.91. The van der Waals surface area contributed by atoms with Crippen LogP contribution >= 0.6 is 15.9 Å². The number of anilines is 1. The highest BCUT2D eigenvalue weighted by atomic mass is 79.9. The molecule has 0 aliphatic carbocycles. The molecule has 2 N–H and O–H groups in total. The molecule has 0 spiro atoms. The first-order valence-electron chi connectivity index (χ1n) is 5.66. The third-order valence-corrected chi connectivity index (χ3v) is 3.64. The lowest BCUT2D eigenvalue weighted by atomic mass is 9.98. The minimum atomic E-state index is -0.529. The van der Waals surface area contributed by atoms with Gasteiger partial charge in [-0.2, -0.15) is 0 Å². The molecule has 2 nitrogen and oxygen atoms in total. The van der Waals surface area contributed by atoms with E-state index < -0.39 is 11.6 Å². The Balaban J connectivity index is 2.34. The van der Waals surface area contributed by atoms with Gasteiger partial charge < -0.3 is 10.6 Å². The molecule has 2 atom stereocenters. The average molecular weight is 305 g/mol. The van der Waals surface area contributed by atoms with Crippen LogP contribution in [0.2, 0.25) is 0 Å². The molecule has 0 aromatic heterocycles. The van der Waals surface area contributed by atoms with E-state index in [-0.39, 0.29) is 17.8 Å². The molecule has 1 aromatic rings. The van der Waals surface area contributed by atoms with Gasteiger partial charge in [-0.15, -0.1) is 0 Å². The zero-order chi connectivity index (χ0) is 12.6. The van der Waals surface area contributed by atoms with E-state index in [1.165, 1.54) is 12.1 Å². The Hall–Kier alpha value is -0.680. The van der Waals surface area contributed by atoms with Crippen molar-refractivity contribution < 1.29 is 8.78 Å². The fourth-order valence-corrected chi connectivity index (χ4v) is 2.75. The second-order valence-electron chi connectivity index (χ2n) is 4.54. The molecule has 0 amide bonds. The van der Waals surface area contributed by atoms with Gasteiger partial charge in [-0.1, -0.05) is 15.9 Å². The van der Waals surface area contributed by atoms with E-state index in [0.717, 1.165) is 12.8 Å². The number of nitrogens with zero attached hydrogens (tertiary/aromatic N) is 1. The lowest BCUT2D eigenvalue weighted by Gasteiger charge is -2.38. The van der Waals surface area contributed by atoms with Crippen LogP contribution in [0, 0.1) is 11.6 Å². The number of halogens is 3. The molecule has 1 fully saturated rings. The van der Waals surface area contributed by atoms with Crippen LogP contribution in [0.5, 0.6) is 0 Å². The Morgan fingerprint density at radius 1 is 1.35 bits per heavy atom. The minimum Gasteiger partial charge on any atom is -0.364 e. The van der Waals surface area contributed by atoms with Gasteiger partial charge in [0.15, 0.2) is 11.6 Å². The van der Waals surface area contributed by atoms with Crippen molar-refractivity contribution in [3.05, 3.63) is 28.2 Å². The molecule has 0 saturated carbocycles. The molecule has 2 unspecified atom stereocenters. The molecule has 5 heteroatoms. The molecule has 2 rings (SSSR count). The number of piperidine rings is 1. The summed E-state index contributed by atoms with van der Waals surface area (Å²) in [5, 5.41) is 0. The van der Waals surface area contributed by atoms with Gasteiger partial charge in [0.2, 0.25) is 0 Å². The second-order valence-corrected chi connectivity index (χ2v) is 5.46. The van der Waals surface area contributed by atoms with Crippen LogP contribution in [0.4, 0.5) is 14.5 Å². The molecular formula is C12H15BrF2N2. The number of rotatable bonds is 1. The SMILES string of the molecule is CC1CC(N)CCN1c1c(F)cc(Br)cc1F. The number of benzene rings is 1. The summed E-state index contributed by atoms with van der Waals surface area (Å²) in [6, 6.07) is 2.77. The van der Waals surface area contributed by atoms with E-state index in [9.17, 15) is 8.78 Å². The lowest BCUT2D eigenvalue weighted by molar-refractivity contribution is 0.418. The summed E-state index contributed by atoms with van der Waals surface area (Å²) >= 11 is 3.08. The Labute approximate surface area is 108 Å². The summed E-state index contributed by atoms with van der Waals surface area (Å²) in [5.74, 6) is -1.06. The van der Waals surface area contributed by atoms with Crippen LogP contribution in [0.3, 0.4) is 0 Å². The van der Waals surface area contributed by atoms with Gasteiger partial charge in [0.25, 0.3) is 0 Å². The lowest BCUT2D eigenvalue weighted by Crippen LogP contribution is -2.46. The fraction of sp³-hybridized carbons (Fsp3) is 0.500. The molecule has 1 aromatic carbocycles. The van der Waals surface area contributed by atoms with E-state index in [2.05, 4.69) is 15.9 Å². The van der Waals surface area contributed by atoms with Gasteiger partial charge in [-0.05, 0) is 31.9 Å². The van der Waals surface area contributed by atoms with Crippen molar-refractivity contribution in [1.82, 2.24) is 0 Å². The molecule has 0 radical (unpaired) electrons. The zero-order valence-corrected chi connectivity index (χ0v) is 11.2. The topological polar surface area (TPSA) is 29.3 Å². The molecule has 0 bridgehead atoms. The molecule has 17 heavy (non-hydrogen) atoms. The first-order chi connectivity index (χ1) is 7.99. The highest BCUT2D eigenvalue weighted by Crippen LogP contribution is 2.31. The largest absolute Gasteiger partial charge is 0.364 e.